The molecule has 0 radical (unpaired) electrons. The monoisotopic (exact) mass is 503 g/mol. The van der Waals surface area contributed by atoms with Gasteiger partial charge in [0.25, 0.3) is 5.91 Å². The van der Waals surface area contributed by atoms with Gasteiger partial charge in [0.2, 0.25) is 5.95 Å². The van der Waals surface area contributed by atoms with Crippen LogP contribution in [-0.4, -0.2) is 46.5 Å². The molecule has 7 nitrogen and oxygen atoms in total. The molecule has 0 spiro atoms. The van der Waals surface area contributed by atoms with Crippen molar-refractivity contribution in [1.82, 2.24) is 14.9 Å². The Balaban J connectivity index is 1.63. The van der Waals surface area contributed by atoms with Crippen LogP contribution in [0.1, 0.15) is 35.7 Å². The second kappa shape index (κ2) is 10.5. The van der Waals surface area contributed by atoms with Crippen LogP contribution in [-0.2, 0) is 6.18 Å². The van der Waals surface area contributed by atoms with Gasteiger partial charge in [0.05, 0.1) is 16.8 Å². The van der Waals surface area contributed by atoms with Crippen molar-refractivity contribution in [3.8, 4) is 16.9 Å². The first kappa shape index (κ1) is 25.4. The van der Waals surface area contributed by atoms with Crippen molar-refractivity contribution in [2.24, 2.45) is 0 Å². The quantitative estimate of drug-likeness (QED) is 0.460. The Morgan fingerprint density at radius 1 is 1.17 bits per heavy atom. The summed E-state index contributed by atoms with van der Waals surface area (Å²) in [5.74, 6) is -1.62. The van der Waals surface area contributed by atoms with Crippen molar-refractivity contribution >= 4 is 17.5 Å². The lowest BCUT2D eigenvalue weighted by Crippen LogP contribution is -2.41. The second-order valence-electron chi connectivity index (χ2n) is 8.46. The molecule has 190 valence electrons. The molecule has 1 saturated heterocycles. The number of likely N-dealkylation sites (tertiary alicyclic amines) is 1. The summed E-state index contributed by atoms with van der Waals surface area (Å²) in [5, 5.41) is 2.41. The van der Waals surface area contributed by atoms with Crippen LogP contribution in [0.3, 0.4) is 0 Å². The van der Waals surface area contributed by atoms with E-state index in [-0.39, 0.29) is 29.1 Å². The van der Waals surface area contributed by atoms with Gasteiger partial charge in [-0.3, -0.25) is 9.69 Å². The molecule has 1 aliphatic rings. The van der Waals surface area contributed by atoms with Crippen molar-refractivity contribution in [2.45, 2.75) is 32.0 Å². The van der Waals surface area contributed by atoms with Crippen LogP contribution in [0, 0.1) is 5.82 Å². The number of rotatable bonds is 6. The van der Waals surface area contributed by atoms with E-state index in [1.54, 1.807) is 0 Å². The van der Waals surface area contributed by atoms with Gasteiger partial charge in [-0.2, -0.15) is 13.2 Å². The van der Waals surface area contributed by atoms with E-state index in [0.717, 1.165) is 44.1 Å². The lowest BCUT2D eigenvalue weighted by atomic mass is 10.0. The van der Waals surface area contributed by atoms with Crippen molar-refractivity contribution < 1.29 is 27.1 Å². The maximum Gasteiger partial charge on any atom is 0.416 e. The third-order valence-corrected chi connectivity index (χ3v) is 5.97. The summed E-state index contributed by atoms with van der Waals surface area (Å²) in [7, 11) is 0. The van der Waals surface area contributed by atoms with Crippen LogP contribution in [0.4, 0.5) is 29.2 Å². The Hall–Kier alpha value is -3.73. The number of hydrogen-bond donors (Lipinski definition) is 2. The summed E-state index contributed by atoms with van der Waals surface area (Å²) in [6.07, 6.45) is -0.447. The SMILES string of the molecule is CCN1CCC[C@H](Oc2ccc(C(F)(F)F)cc2NC(=O)c2cc(-c3cnc(N)nc3)ccc2F)C1. The number of carbonyl (C=O) groups excluding carboxylic acids is 1. The number of halogens is 4. The molecule has 1 amide bonds. The third kappa shape index (κ3) is 5.91. The van der Waals surface area contributed by atoms with Crippen LogP contribution in [0.2, 0.25) is 0 Å². The Morgan fingerprint density at radius 3 is 2.61 bits per heavy atom. The molecule has 1 fully saturated rings. The highest BCUT2D eigenvalue weighted by molar-refractivity contribution is 6.06. The Morgan fingerprint density at radius 2 is 1.92 bits per heavy atom. The van der Waals surface area contributed by atoms with Crippen molar-refractivity contribution in [2.75, 3.05) is 30.7 Å². The van der Waals surface area contributed by atoms with E-state index in [1.807, 2.05) is 6.92 Å². The van der Waals surface area contributed by atoms with Crippen LogP contribution in [0.15, 0.2) is 48.8 Å². The van der Waals surface area contributed by atoms with Gasteiger partial charge >= 0.3 is 6.18 Å². The first-order valence-electron chi connectivity index (χ1n) is 11.4. The zero-order valence-corrected chi connectivity index (χ0v) is 19.5. The number of hydrogen-bond acceptors (Lipinski definition) is 6. The van der Waals surface area contributed by atoms with Gasteiger partial charge in [-0.05, 0) is 61.8 Å². The highest BCUT2D eigenvalue weighted by Gasteiger charge is 2.32. The zero-order valence-electron chi connectivity index (χ0n) is 19.5. The minimum Gasteiger partial charge on any atom is -0.487 e. The molecule has 3 N–H and O–H groups in total. The van der Waals surface area contributed by atoms with E-state index in [1.165, 1.54) is 30.6 Å². The number of nitrogens with one attached hydrogen (secondary N) is 1. The summed E-state index contributed by atoms with van der Waals surface area (Å²) in [6, 6.07) is 6.67. The lowest BCUT2D eigenvalue weighted by molar-refractivity contribution is -0.137. The number of alkyl halides is 3. The average molecular weight is 504 g/mol. The van der Waals surface area contributed by atoms with Gasteiger partial charge in [-0.1, -0.05) is 13.0 Å². The van der Waals surface area contributed by atoms with Crippen LogP contribution >= 0.6 is 0 Å². The van der Waals surface area contributed by atoms with E-state index >= 15 is 0 Å². The molecule has 0 unspecified atom stereocenters. The maximum atomic E-state index is 14.6. The molecule has 0 bridgehead atoms. The topological polar surface area (TPSA) is 93.4 Å². The van der Waals surface area contributed by atoms with Crippen molar-refractivity contribution in [3.63, 3.8) is 0 Å². The molecule has 0 saturated carbocycles. The standard InChI is InChI=1S/C25H25F4N5O2/c1-2-34-9-3-4-18(14-34)36-22-8-6-17(25(27,28)29)11-21(22)33-23(35)19-10-15(5-7-20(19)26)16-12-31-24(30)32-13-16/h5-8,10-13,18H,2-4,9,14H2,1H3,(H,33,35)(H2,30,31,32)/t18-/m0/s1. The van der Waals surface area contributed by atoms with Gasteiger partial charge in [0, 0.05) is 24.5 Å². The Labute approximate surface area is 205 Å². The maximum absolute atomic E-state index is 14.6. The minimum atomic E-state index is -4.64. The molecule has 0 aliphatic carbocycles. The number of nitrogen functional groups attached to an aromatic ring is 1. The smallest absolute Gasteiger partial charge is 0.416 e. The summed E-state index contributed by atoms with van der Waals surface area (Å²) < 4.78 is 60.8. The fraction of sp³-hybridized carbons (Fsp3) is 0.320. The number of likely N-dealkylation sites (N-methyl/N-ethyl adjacent to an activating group) is 1. The predicted octanol–water partition coefficient (Wildman–Crippen LogP) is 5.00. The fourth-order valence-electron chi connectivity index (χ4n) is 4.04. The molecule has 36 heavy (non-hydrogen) atoms. The Kier molecular flexibility index (Phi) is 7.39. The highest BCUT2D eigenvalue weighted by Crippen LogP contribution is 2.36. The molecule has 2 aromatic carbocycles. The van der Waals surface area contributed by atoms with Crippen LogP contribution < -0.4 is 15.8 Å². The van der Waals surface area contributed by atoms with Crippen LogP contribution in [0.5, 0.6) is 5.75 Å². The molecule has 1 aromatic heterocycles. The van der Waals surface area contributed by atoms with Crippen molar-refractivity contribution in [1.29, 1.82) is 0 Å². The highest BCUT2D eigenvalue weighted by atomic mass is 19.4. The van der Waals surface area contributed by atoms with Crippen LogP contribution in [0.25, 0.3) is 11.1 Å². The molecule has 1 atom stereocenters. The summed E-state index contributed by atoms with van der Waals surface area (Å²) in [6.45, 7) is 4.38. The average Bonchev–Trinajstić information content (AvgIpc) is 2.85. The van der Waals surface area contributed by atoms with Gasteiger partial charge < -0.3 is 15.8 Å². The van der Waals surface area contributed by atoms with Gasteiger partial charge in [-0.15, -0.1) is 0 Å². The van der Waals surface area contributed by atoms with Gasteiger partial charge in [0.15, 0.2) is 0 Å². The molecule has 2 heterocycles. The van der Waals surface area contributed by atoms with E-state index < -0.39 is 23.5 Å². The molecule has 3 aromatic rings. The number of nitrogens with two attached hydrogens (primary N) is 1. The molecular formula is C25H25F4N5O2. The lowest BCUT2D eigenvalue weighted by Gasteiger charge is -2.32. The molecule has 1 aliphatic heterocycles. The summed E-state index contributed by atoms with van der Waals surface area (Å²) >= 11 is 0. The van der Waals surface area contributed by atoms with E-state index in [9.17, 15) is 22.4 Å². The Bertz CT molecular complexity index is 1230. The fourth-order valence-corrected chi connectivity index (χ4v) is 4.04. The molecule has 4 rings (SSSR count). The number of nitrogens with zero attached hydrogens (tertiary/aromatic N) is 3. The number of aromatic nitrogens is 2. The number of benzene rings is 2. The predicted molar refractivity (Wildman–Crippen MR) is 127 cm³/mol. The number of amides is 1. The number of anilines is 2. The zero-order chi connectivity index (χ0) is 25.9. The van der Waals surface area contributed by atoms with E-state index in [0.29, 0.717) is 17.7 Å². The third-order valence-electron chi connectivity index (χ3n) is 5.97. The van der Waals surface area contributed by atoms with Crippen molar-refractivity contribution in [3.05, 3.63) is 65.7 Å². The number of ether oxygens (including phenoxy) is 1. The molecular weight excluding hydrogens is 478 g/mol. The molecule has 11 heteroatoms. The number of carbonyl (C=O) groups is 1. The van der Waals surface area contributed by atoms with E-state index in [4.69, 9.17) is 10.5 Å². The summed E-state index contributed by atoms with van der Waals surface area (Å²) in [4.78, 5) is 23.0. The first-order valence-corrected chi connectivity index (χ1v) is 11.4. The largest absolute Gasteiger partial charge is 0.487 e. The van der Waals surface area contributed by atoms with Gasteiger partial charge in [0.1, 0.15) is 17.7 Å². The second-order valence-corrected chi connectivity index (χ2v) is 8.46. The summed E-state index contributed by atoms with van der Waals surface area (Å²) in [5.41, 5.74) is 4.90. The normalized spacial score (nSPS) is 16.5. The van der Waals surface area contributed by atoms with E-state index in [2.05, 4.69) is 20.2 Å². The minimum absolute atomic E-state index is 0.0518. The number of piperidine rings is 1. The first-order chi connectivity index (χ1) is 17.1. The van der Waals surface area contributed by atoms with Gasteiger partial charge in [-0.25, -0.2) is 14.4 Å².